The third-order valence-corrected chi connectivity index (χ3v) is 3.97. The van der Waals surface area contributed by atoms with E-state index in [1.807, 2.05) is 30.0 Å². The van der Waals surface area contributed by atoms with E-state index in [1.54, 1.807) is 0 Å². The molecule has 17 heavy (non-hydrogen) atoms. The molecular formula is C14H22ClNS. The summed E-state index contributed by atoms with van der Waals surface area (Å²) in [6.07, 6.45) is 3.92. The van der Waals surface area contributed by atoms with Gasteiger partial charge in [-0.15, -0.1) is 0 Å². The van der Waals surface area contributed by atoms with E-state index in [2.05, 4.69) is 18.3 Å². The molecule has 0 atom stereocenters. The van der Waals surface area contributed by atoms with Gasteiger partial charge < -0.3 is 5.32 Å². The van der Waals surface area contributed by atoms with Crippen LogP contribution >= 0.6 is 23.4 Å². The van der Waals surface area contributed by atoms with Crippen LogP contribution in [0.4, 0.5) is 0 Å². The van der Waals surface area contributed by atoms with E-state index in [-0.39, 0.29) is 0 Å². The van der Waals surface area contributed by atoms with E-state index in [1.165, 1.54) is 24.8 Å². The Morgan fingerprint density at radius 3 is 2.76 bits per heavy atom. The highest BCUT2D eigenvalue weighted by Crippen LogP contribution is 2.20. The maximum absolute atomic E-state index is 6.09. The van der Waals surface area contributed by atoms with E-state index in [4.69, 9.17) is 11.6 Å². The molecule has 1 aromatic rings. The fraction of sp³-hybridized carbons (Fsp3) is 0.571. The van der Waals surface area contributed by atoms with Gasteiger partial charge in [-0.25, -0.2) is 0 Å². The molecule has 0 saturated heterocycles. The zero-order valence-corrected chi connectivity index (χ0v) is 12.1. The Kier molecular flexibility index (Phi) is 8.59. The molecule has 1 N–H and O–H groups in total. The molecule has 1 rings (SSSR count). The van der Waals surface area contributed by atoms with Crippen LogP contribution in [-0.2, 0) is 5.75 Å². The molecule has 96 valence electrons. The third-order valence-electron chi connectivity index (χ3n) is 2.60. The number of hydrogen-bond acceptors (Lipinski definition) is 2. The first-order valence-corrected chi connectivity index (χ1v) is 7.89. The Labute approximate surface area is 114 Å². The summed E-state index contributed by atoms with van der Waals surface area (Å²) >= 11 is 8.03. The zero-order chi connectivity index (χ0) is 12.3. The second-order valence-corrected chi connectivity index (χ2v) is 5.61. The topological polar surface area (TPSA) is 12.0 Å². The van der Waals surface area contributed by atoms with Gasteiger partial charge in [0.15, 0.2) is 0 Å². The standard InChI is InChI=1S/C14H22ClNS/c1-2-3-6-9-16-10-11-17-12-13-7-4-5-8-14(13)15/h4-5,7-8,16H,2-3,6,9-12H2,1H3. The van der Waals surface area contributed by atoms with Gasteiger partial charge in [0.2, 0.25) is 0 Å². The van der Waals surface area contributed by atoms with Crippen molar-refractivity contribution in [2.45, 2.75) is 31.9 Å². The molecule has 1 aromatic carbocycles. The van der Waals surface area contributed by atoms with Gasteiger partial charge in [-0.05, 0) is 24.6 Å². The molecular weight excluding hydrogens is 250 g/mol. The van der Waals surface area contributed by atoms with Gasteiger partial charge >= 0.3 is 0 Å². The lowest BCUT2D eigenvalue weighted by atomic mass is 10.2. The van der Waals surface area contributed by atoms with Crippen molar-refractivity contribution in [1.82, 2.24) is 5.32 Å². The average molecular weight is 272 g/mol. The second kappa shape index (κ2) is 9.81. The van der Waals surface area contributed by atoms with Crippen LogP contribution in [-0.4, -0.2) is 18.8 Å². The second-order valence-electron chi connectivity index (χ2n) is 4.10. The summed E-state index contributed by atoms with van der Waals surface area (Å²) in [5.41, 5.74) is 1.24. The highest BCUT2D eigenvalue weighted by atomic mass is 35.5. The van der Waals surface area contributed by atoms with Crippen molar-refractivity contribution in [3.05, 3.63) is 34.9 Å². The van der Waals surface area contributed by atoms with Gasteiger partial charge in [-0.3, -0.25) is 0 Å². The summed E-state index contributed by atoms with van der Waals surface area (Å²) in [5, 5.41) is 4.35. The van der Waals surface area contributed by atoms with Crippen LogP contribution in [0.2, 0.25) is 5.02 Å². The van der Waals surface area contributed by atoms with E-state index in [9.17, 15) is 0 Å². The molecule has 0 aliphatic carbocycles. The molecule has 1 nitrogen and oxygen atoms in total. The lowest BCUT2D eigenvalue weighted by molar-refractivity contribution is 0.636. The minimum absolute atomic E-state index is 0.885. The van der Waals surface area contributed by atoms with Crippen LogP contribution in [0.3, 0.4) is 0 Å². The SMILES string of the molecule is CCCCCNCCSCc1ccccc1Cl. The van der Waals surface area contributed by atoms with Crippen molar-refractivity contribution >= 4 is 23.4 Å². The lowest BCUT2D eigenvalue weighted by Gasteiger charge is -2.05. The van der Waals surface area contributed by atoms with Gasteiger partial charge in [-0.1, -0.05) is 49.6 Å². The van der Waals surface area contributed by atoms with Crippen molar-refractivity contribution in [2.75, 3.05) is 18.8 Å². The third kappa shape index (κ3) is 6.97. The molecule has 0 aliphatic rings. The summed E-state index contributed by atoms with van der Waals surface area (Å²) < 4.78 is 0. The van der Waals surface area contributed by atoms with Gasteiger partial charge in [0, 0.05) is 23.1 Å². The highest BCUT2D eigenvalue weighted by molar-refractivity contribution is 7.98. The molecule has 0 heterocycles. The van der Waals surface area contributed by atoms with Gasteiger partial charge in [0.1, 0.15) is 0 Å². The molecule has 0 amide bonds. The molecule has 0 saturated carbocycles. The summed E-state index contributed by atoms with van der Waals surface area (Å²) in [7, 11) is 0. The first-order chi connectivity index (χ1) is 8.34. The number of nitrogens with one attached hydrogen (secondary N) is 1. The van der Waals surface area contributed by atoms with Crippen molar-refractivity contribution in [1.29, 1.82) is 0 Å². The number of halogens is 1. The highest BCUT2D eigenvalue weighted by Gasteiger charge is 1.98. The Morgan fingerprint density at radius 2 is 2.00 bits per heavy atom. The smallest absolute Gasteiger partial charge is 0.0446 e. The fourth-order valence-corrected chi connectivity index (χ4v) is 2.75. The maximum Gasteiger partial charge on any atom is 0.0446 e. The maximum atomic E-state index is 6.09. The summed E-state index contributed by atoms with van der Waals surface area (Å²) in [6.45, 7) is 4.48. The minimum Gasteiger partial charge on any atom is -0.316 e. The number of hydrogen-bond donors (Lipinski definition) is 1. The zero-order valence-electron chi connectivity index (χ0n) is 10.5. The molecule has 0 radical (unpaired) electrons. The first-order valence-electron chi connectivity index (χ1n) is 6.36. The Balaban J connectivity index is 1.99. The monoisotopic (exact) mass is 271 g/mol. The predicted molar refractivity (Wildman–Crippen MR) is 80.0 cm³/mol. The Bertz CT molecular complexity index is 304. The van der Waals surface area contributed by atoms with Crippen LogP contribution in [0.5, 0.6) is 0 Å². The van der Waals surface area contributed by atoms with Crippen LogP contribution in [0.1, 0.15) is 31.7 Å². The molecule has 0 aliphatic heterocycles. The van der Waals surface area contributed by atoms with Crippen molar-refractivity contribution < 1.29 is 0 Å². The largest absolute Gasteiger partial charge is 0.316 e. The molecule has 0 bridgehead atoms. The van der Waals surface area contributed by atoms with Gasteiger partial charge in [0.25, 0.3) is 0 Å². The Hall–Kier alpha value is -0.180. The van der Waals surface area contributed by atoms with E-state index in [0.29, 0.717) is 0 Å². The van der Waals surface area contributed by atoms with Crippen molar-refractivity contribution in [3.63, 3.8) is 0 Å². The summed E-state index contributed by atoms with van der Waals surface area (Å²) in [4.78, 5) is 0. The van der Waals surface area contributed by atoms with Crippen LogP contribution < -0.4 is 5.32 Å². The number of unbranched alkanes of at least 4 members (excludes halogenated alkanes) is 2. The van der Waals surface area contributed by atoms with Gasteiger partial charge in [0.05, 0.1) is 0 Å². The fourth-order valence-electron chi connectivity index (χ4n) is 1.57. The summed E-state index contributed by atoms with van der Waals surface area (Å²) in [5.74, 6) is 2.16. The predicted octanol–water partition coefficient (Wildman–Crippen LogP) is 4.35. The van der Waals surface area contributed by atoms with Crippen LogP contribution in [0, 0.1) is 0 Å². The minimum atomic E-state index is 0.885. The molecule has 0 unspecified atom stereocenters. The number of benzene rings is 1. The Morgan fingerprint density at radius 1 is 1.18 bits per heavy atom. The lowest BCUT2D eigenvalue weighted by Crippen LogP contribution is -2.18. The van der Waals surface area contributed by atoms with Crippen molar-refractivity contribution in [3.8, 4) is 0 Å². The first kappa shape index (κ1) is 14.9. The van der Waals surface area contributed by atoms with E-state index >= 15 is 0 Å². The van der Waals surface area contributed by atoms with Crippen LogP contribution in [0.25, 0.3) is 0 Å². The molecule has 0 spiro atoms. The average Bonchev–Trinajstić information content (AvgIpc) is 2.35. The molecule has 3 heteroatoms. The number of rotatable bonds is 9. The normalized spacial score (nSPS) is 10.7. The van der Waals surface area contributed by atoms with Gasteiger partial charge in [-0.2, -0.15) is 11.8 Å². The number of thioether (sulfide) groups is 1. The van der Waals surface area contributed by atoms with E-state index in [0.717, 1.165) is 29.6 Å². The quantitative estimate of drug-likeness (QED) is 0.670. The van der Waals surface area contributed by atoms with E-state index < -0.39 is 0 Å². The van der Waals surface area contributed by atoms with Crippen molar-refractivity contribution in [2.24, 2.45) is 0 Å². The molecule has 0 aromatic heterocycles. The van der Waals surface area contributed by atoms with Crippen LogP contribution in [0.15, 0.2) is 24.3 Å². The molecule has 0 fully saturated rings. The summed E-state index contributed by atoms with van der Waals surface area (Å²) in [6, 6.07) is 8.08.